The molecular formula is C14H21N3O. The average molecular weight is 247 g/mol. The van der Waals surface area contributed by atoms with Crippen LogP contribution in [0, 0.1) is 6.92 Å². The fraction of sp³-hybridized carbons (Fsp3) is 0.500. The van der Waals surface area contributed by atoms with Crippen LogP contribution in [0.4, 0.5) is 0 Å². The van der Waals surface area contributed by atoms with Crippen molar-refractivity contribution >= 4 is 5.90 Å². The summed E-state index contributed by atoms with van der Waals surface area (Å²) < 4.78 is 0. The van der Waals surface area contributed by atoms with E-state index in [9.17, 15) is 0 Å². The predicted octanol–water partition coefficient (Wildman–Crippen LogP) is 2.27. The second-order valence-electron chi connectivity index (χ2n) is 4.41. The van der Waals surface area contributed by atoms with Crippen LogP contribution in [0.5, 0.6) is 0 Å². The van der Waals surface area contributed by atoms with Crippen LogP contribution in [-0.4, -0.2) is 30.6 Å². The minimum atomic E-state index is -0.00995. The highest BCUT2D eigenvalue weighted by molar-refractivity contribution is 5.79. The number of hydrogen-bond donors (Lipinski definition) is 1. The van der Waals surface area contributed by atoms with Crippen molar-refractivity contribution in [3.8, 4) is 0 Å². The molecule has 18 heavy (non-hydrogen) atoms. The summed E-state index contributed by atoms with van der Waals surface area (Å²) in [6.07, 6.45) is -0.00995. The molecule has 0 aromatic heterocycles. The monoisotopic (exact) mass is 247 g/mol. The minimum absolute atomic E-state index is 0.00995. The normalized spacial score (nSPS) is 19.7. The Bertz CT molecular complexity index is 414. The molecular weight excluding hydrogens is 226 g/mol. The molecule has 0 fully saturated rings. The third kappa shape index (κ3) is 2.89. The summed E-state index contributed by atoms with van der Waals surface area (Å²) in [5.41, 5.74) is 2.44. The van der Waals surface area contributed by atoms with E-state index in [4.69, 9.17) is 4.84 Å². The molecule has 0 bridgehead atoms. The zero-order valence-corrected chi connectivity index (χ0v) is 11.3. The number of likely N-dealkylation sites (N-methyl/N-ethyl adjacent to an activating group) is 1. The van der Waals surface area contributed by atoms with E-state index in [2.05, 4.69) is 55.3 Å². The average Bonchev–Trinajstić information content (AvgIpc) is 2.80. The largest absolute Gasteiger partial charge is 0.387 e. The molecule has 0 radical (unpaired) electrons. The van der Waals surface area contributed by atoms with Crippen LogP contribution in [0.1, 0.15) is 31.1 Å². The van der Waals surface area contributed by atoms with Crippen LogP contribution in [0.25, 0.3) is 0 Å². The smallest absolute Gasteiger partial charge is 0.225 e. The number of rotatable bonds is 5. The van der Waals surface area contributed by atoms with Crippen molar-refractivity contribution in [2.75, 3.05) is 19.6 Å². The maximum absolute atomic E-state index is 5.73. The van der Waals surface area contributed by atoms with E-state index in [1.165, 1.54) is 11.1 Å². The van der Waals surface area contributed by atoms with Crippen LogP contribution in [0.3, 0.4) is 0 Å². The van der Waals surface area contributed by atoms with E-state index in [0.717, 1.165) is 19.0 Å². The first-order valence-electron chi connectivity index (χ1n) is 6.53. The molecule has 1 heterocycles. The van der Waals surface area contributed by atoms with Gasteiger partial charge in [-0.2, -0.15) is 0 Å². The van der Waals surface area contributed by atoms with Gasteiger partial charge in [0.1, 0.15) is 0 Å². The first kappa shape index (κ1) is 13.1. The van der Waals surface area contributed by atoms with Gasteiger partial charge in [0.15, 0.2) is 6.17 Å². The molecule has 1 aromatic carbocycles. The van der Waals surface area contributed by atoms with E-state index >= 15 is 0 Å². The fourth-order valence-electron chi connectivity index (χ4n) is 1.94. The maximum Gasteiger partial charge on any atom is 0.225 e. The Kier molecular flexibility index (Phi) is 4.33. The zero-order chi connectivity index (χ0) is 13.0. The van der Waals surface area contributed by atoms with Crippen molar-refractivity contribution in [3.63, 3.8) is 0 Å². The highest BCUT2D eigenvalue weighted by Crippen LogP contribution is 2.27. The highest BCUT2D eigenvalue weighted by atomic mass is 16.7. The summed E-state index contributed by atoms with van der Waals surface area (Å²) in [7, 11) is 0. The van der Waals surface area contributed by atoms with Gasteiger partial charge in [-0.1, -0.05) is 36.8 Å². The lowest BCUT2D eigenvalue weighted by Crippen LogP contribution is -2.27. The first-order valence-corrected chi connectivity index (χ1v) is 6.53. The van der Waals surface area contributed by atoms with Crippen LogP contribution >= 0.6 is 0 Å². The molecule has 4 heteroatoms. The second-order valence-corrected chi connectivity index (χ2v) is 4.41. The predicted molar refractivity (Wildman–Crippen MR) is 73.4 cm³/mol. The van der Waals surface area contributed by atoms with Crippen LogP contribution in [0.15, 0.2) is 29.3 Å². The molecule has 2 rings (SSSR count). The van der Waals surface area contributed by atoms with Crippen LogP contribution < -0.4 is 5.32 Å². The van der Waals surface area contributed by atoms with E-state index in [1.807, 2.05) is 5.06 Å². The third-order valence-corrected chi connectivity index (χ3v) is 2.98. The number of hydrogen-bond acceptors (Lipinski definition) is 4. The molecule has 0 spiro atoms. The van der Waals surface area contributed by atoms with Gasteiger partial charge < -0.3 is 10.2 Å². The van der Waals surface area contributed by atoms with E-state index in [1.54, 1.807) is 0 Å². The summed E-state index contributed by atoms with van der Waals surface area (Å²) in [5, 5.41) is 5.15. The van der Waals surface area contributed by atoms with E-state index in [0.29, 0.717) is 6.54 Å². The maximum atomic E-state index is 5.73. The van der Waals surface area contributed by atoms with Crippen molar-refractivity contribution in [3.05, 3.63) is 35.4 Å². The van der Waals surface area contributed by atoms with Crippen molar-refractivity contribution < 1.29 is 4.84 Å². The van der Waals surface area contributed by atoms with Gasteiger partial charge in [-0.15, -0.1) is 5.06 Å². The van der Waals surface area contributed by atoms with E-state index in [-0.39, 0.29) is 6.17 Å². The zero-order valence-electron chi connectivity index (χ0n) is 11.3. The van der Waals surface area contributed by atoms with Crippen molar-refractivity contribution in [2.24, 2.45) is 4.99 Å². The number of nitrogens with zero attached hydrogens (tertiary/aromatic N) is 2. The number of aliphatic imine (C=N–C) groups is 1. The molecule has 1 aliphatic heterocycles. The van der Waals surface area contributed by atoms with E-state index < -0.39 is 0 Å². The molecule has 1 aromatic rings. The number of hydroxylamine groups is 2. The molecule has 1 aliphatic rings. The minimum Gasteiger partial charge on any atom is -0.387 e. The number of benzene rings is 1. The number of aryl methyl sites for hydroxylation is 1. The van der Waals surface area contributed by atoms with Gasteiger partial charge in [0.05, 0.1) is 6.54 Å². The lowest BCUT2D eigenvalue weighted by Gasteiger charge is -2.19. The van der Waals surface area contributed by atoms with Gasteiger partial charge in [0, 0.05) is 6.54 Å². The lowest BCUT2D eigenvalue weighted by molar-refractivity contribution is -0.0810. The first-order chi connectivity index (χ1) is 8.74. The molecule has 0 aliphatic carbocycles. The van der Waals surface area contributed by atoms with Gasteiger partial charge in [-0.05, 0) is 26.0 Å². The molecule has 0 amide bonds. The van der Waals surface area contributed by atoms with Crippen molar-refractivity contribution in [1.82, 2.24) is 10.4 Å². The Morgan fingerprint density at radius 2 is 2.00 bits per heavy atom. The topological polar surface area (TPSA) is 36.9 Å². The molecule has 98 valence electrons. The van der Waals surface area contributed by atoms with Gasteiger partial charge in [-0.25, -0.2) is 4.99 Å². The van der Waals surface area contributed by atoms with Gasteiger partial charge in [0.2, 0.25) is 5.90 Å². The summed E-state index contributed by atoms with van der Waals surface area (Å²) in [6, 6.07) is 8.46. The van der Waals surface area contributed by atoms with Gasteiger partial charge in [0.25, 0.3) is 0 Å². The fourth-order valence-corrected chi connectivity index (χ4v) is 1.94. The summed E-state index contributed by atoms with van der Waals surface area (Å²) in [6.45, 7) is 8.67. The Balaban J connectivity index is 2.13. The Morgan fingerprint density at radius 1 is 1.28 bits per heavy atom. The Morgan fingerprint density at radius 3 is 2.61 bits per heavy atom. The molecule has 0 saturated heterocycles. The van der Waals surface area contributed by atoms with Crippen molar-refractivity contribution in [1.29, 1.82) is 0 Å². The third-order valence-electron chi connectivity index (χ3n) is 2.98. The van der Waals surface area contributed by atoms with Crippen LogP contribution in [0.2, 0.25) is 0 Å². The molecule has 1 atom stereocenters. The van der Waals surface area contributed by atoms with Crippen molar-refractivity contribution in [2.45, 2.75) is 26.9 Å². The summed E-state index contributed by atoms with van der Waals surface area (Å²) in [5.74, 6) is 0.768. The van der Waals surface area contributed by atoms with Crippen LogP contribution in [-0.2, 0) is 4.84 Å². The molecule has 1 N–H and O–H groups in total. The summed E-state index contributed by atoms with van der Waals surface area (Å²) in [4.78, 5) is 10.4. The SMILES string of the molecule is CCNCC1=N[C@H](c2ccc(C)cc2)N(CC)O1. The number of nitrogens with one attached hydrogen (secondary N) is 1. The lowest BCUT2D eigenvalue weighted by atomic mass is 10.1. The molecule has 0 unspecified atom stereocenters. The second kappa shape index (κ2) is 5.98. The Hall–Kier alpha value is -1.39. The molecule has 4 nitrogen and oxygen atoms in total. The van der Waals surface area contributed by atoms with Gasteiger partial charge in [-0.3, -0.25) is 0 Å². The summed E-state index contributed by atoms with van der Waals surface area (Å²) >= 11 is 0. The Labute approximate surface area is 109 Å². The quantitative estimate of drug-likeness (QED) is 0.867. The molecule has 0 saturated carbocycles. The highest BCUT2D eigenvalue weighted by Gasteiger charge is 2.28. The standard InChI is InChI=1S/C14H21N3O/c1-4-15-10-13-16-14(17(5-2)18-13)12-8-6-11(3)7-9-12/h6-9,14-15H,4-5,10H2,1-3H3/t14-/m0/s1. The van der Waals surface area contributed by atoms with Gasteiger partial charge >= 0.3 is 0 Å².